The number of aromatic nitrogens is 3. The van der Waals surface area contributed by atoms with Crippen LogP contribution in [-0.4, -0.2) is 34.1 Å². The fraction of sp³-hybridized carbons (Fsp3) is 0.467. The largest absolute Gasteiger partial charge is 0.490 e. The van der Waals surface area contributed by atoms with Gasteiger partial charge in [-0.25, -0.2) is 4.98 Å². The molecule has 4 rings (SSSR count). The second-order valence-corrected chi connectivity index (χ2v) is 5.93. The predicted octanol–water partition coefficient (Wildman–Crippen LogP) is 3.10. The van der Waals surface area contributed by atoms with E-state index in [-0.39, 0.29) is 0 Å². The van der Waals surface area contributed by atoms with Gasteiger partial charge in [0.1, 0.15) is 10.9 Å². The monoisotopic (exact) mass is 305 g/mol. The van der Waals surface area contributed by atoms with Crippen molar-refractivity contribution in [1.29, 1.82) is 0 Å². The van der Waals surface area contributed by atoms with E-state index in [9.17, 15) is 0 Å². The summed E-state index contributed by atoms with van der Waals surface area (Å²) in [4.78, 5) is 4.17. The molecule has 0 bridgehead atoms. The van der Waals surface area contributed by atoms with E-state index >= 15 is 0 Å². The predicted molar refractivity (Wildman–Crippen MR) is 78.6 cm³/mol. The molecule has 1 saturated carbocycles. The first-order valence-corrected chi connectivity index (χ1v) is 7.62. The molecule has 1 saturated heterocycles. The molecule has 6 heteroatoms. The van der Waals surface area contributed by atoms with E-state index in [1.165, 1.54) is 0 Å². The fourth-order valence-electron chi connectivity index (χ4n) is 2.50. The summed E-state index contributed by atoms with van der Waals surface area (Å²) in [5.74, 6) is 0.791. The van der Waals surface area contributed by atoms with Crippen LogP contribution in [0.5, 0.6) is 5.75 Å². The van der Waals surface area contributed by atoms with Gasteiger partial charge >= 0.3 is 0 Å². The van der Waals surface area contributed by atoms with Gasteiger partial charge in [-0.05, 0) is 19.3 Å². The van der Waals surface area contributed by atoms with Crippen molar-refractivity contribution in [3.8, 4) is 16.9 Å². The van der Waals surface area contributed by atoms with E-state index in [0.717, 1.165) is 49.4 Å². The molecule has 1 aliphatic carbocycles. The first-order chi connectivity index (χ1) is 10.3. The standard InChI is InChI=1S/C15H16ClN3O2/c16-15-5-14(21-12-1-2-12)13(7-17-15)10-6-18-19(8-10)11-3-4-20-9-11/h5-8,11-12H,1-4,9H2. The van der Waals surface area contributed by atoms with E-state index < -0.39 is 0 Å². The van der Waals surface area contributed by atoms with Gasteiger partial charge < -0.3 is 9.47 Å². The van der Waals surface area contributed by atoms with Crippen LogP contribution in [0.4, 0.5) is 0 Å². The minimum atomic E-state index is 0.320. The molecule has 5 nitrogen and oxygen atoms in total. The summed E-state index contributed by atoms with van der Waals surface area (Å²) in [5.41, 5.74) is 1.94. The summed E-state index contributed by atoms with van der Waals surface area (Å²) in [6.45, 7) is 1.53. The normalized spacial score (nSPS) is 21.7. The van der Waals surface area contributed by atoms with Gasteiger partial charge in [-0.3, -0.25) is 4.68 Å². The van der Waals surface area contributed by atoms with Crippen molar-refractivity contribution in [2.45, 2.75) is 31.4 Å². The molecule has 1 atom stereocenters. The molecular formula is C15H16ClN3O2. The zero-order valence-corrected chi connectivity index (χ0v) is 12.3. The Morgan fingerprint density at radius 2 is 2.19 bits per heavy atom. The van der Waals surface area contributed by atoms with Gasteiger partial charge in [-0.15, -0.1) is 0 Å². The third-order valence-electron chi connectivity index (χ3n) is 3.84. The Labute approximate surface area is 127 Å². The number of ether oxygens (including phenoxy) is 2. The van der Waals surface area contributed by atoms with Crippen LogP contribution in [0.1, 0.15) is 25.3 Å². The van der Waals surface area contributed by atoms with E-state index in [2.05, 4.69) is 10.1 Å². The van der Waals surface area contributed by atoms with Crippen LogP contribution < -0.4 is 4.74 Å². The van der Waals surface area contributed by atoms with Gasteiger partial charge in [0, 0.05) is 36.2 Å². The van der Waals surface area contributed by atoms with Crippen LogP contribution in [0.2, 0.25) is 5.15 Å². The van der Waals surface area contributed by atoms with Crippen molar-refractivity contribution in [2.24, 2.45) is 0 Å². The van der Waals surface area contributed by atoms with Crippen LogP contribution >= 0.6 is 11.6 Å². The molecule has 2 fully saturated rings. The van der Waals surface area contributed by atoms with Crippen molar-refractivity contribution in [3.05, 3.63) is 29.8 Å². The Morgan fingerprint density at radius 3 is 2.95 bits per heavy atom. The molecule has 0 N–H and O–H groups in total. The Balaban J connectivity index is 1.65. The molecule has 0 spiro atoms. The van der Waals surface area contributed by atoms with Gasteiger partial charge in [0.2, 0.25) is 0 Å². The Kier molecular flexibility index (Phi) is 3.31. The fourth-order valence-corrected chi connectivity index (χ4v) is 2.65. The maximum absolute atomic E-state index is 5.99. The zero-order chi connectivity index (χ0) is 14.2. The maximum atomic E-state index is 5.99. The van der Waals surface area contributed by atoms with Crippen LogP contribution in [0.15, 0.2) is 24.7 Å². The summed E-state index contributed by atoms with van der Waals surface area (Å²) in [5, 5.41) is 4.90. The number of rotatable bonds is 4. The molecule has 0 amide bonds. The van der Waals surface area contributed by atoms with E-state index in [4.69, 9.17) is 21.1 Å². The second kappa shape index (κ2) is 5.31. The van der Waals surface area contributed by atoms with Crippen LogP contribution in [-0.2, 0) is 4.74 Å². The van der Waals surface area contributed by atoms with E-state index in [1.807, 2.05) is 17.1 Å². The molecule has 0 aromatic carbocycles. The van der Waals surface area contributed by atoms with Gasteiger partial charge in [-0.1, -0.05) is 11.6 Å². The minimum Gasteiger partial charge on any atom is -0.490 e. The molecular weight excluding hydrogens is 290 g/mol. The number of nitrogens with zero attached hydrogens (tertiary/aromatic N) is 3. The molecule has 110 valence electrons. The van der Waals surface area contributed by atoms with Crippen molar-refractivity contribution in [1.82, 2.24) is 14.8 Å². The molecule has 2 aromatic heterocycles. The first kappa shape index (κ1) is 13.1. The van der Waals surface area contributed by atoms with Crippen molar-refractivity contribution in [2.75, 3.05) is 13.2 Å². The molecule has 2 aliphatic rings. The average Bonchev–Trinajstić information content (AvgIpc) is 2.95. The Hall–Kier alpha value is -1.59. The first-order valence-electron chi connectivity index (χ1n) is 7.24. The summed E-state index contributed by atoms with van der Waals surface area (Å²) in [7, 11) is 0. The Morgan fingerprint density at radius 1 is 1.29 bits per heavy atom. The number of hydrogen-bond donors (Lipinski definition) is 0. The number of halogens is 1. The van der Waals surface area contributed by atoms with Gasteiger partial charge in [0.15, 0.2) is 0 Å². The molecule has 21 heavy (non-hydrogen) atoms. The lowest BCUT2D eigenvalue weighted by Gasteiger charge is -2.10. The minimum absolute atomic E-state index is 0.320. The van der Waals surface area contributed by atoms with Gasteiger partial charge in [0.25, 0.3) is 0 Å². The summed E-state index contributed by atoms with van der Waals surface area (Å²) in [6.07, 6.45) is 9.18. The number of pyridine rings is 1. The smallest absolute Gasteiger partial charge is 0.132 e. The SMILES string of the molecule is Clc1cc(OC2CC2)c(-c2cnn(C3CCOC3)c2)cn1. The third-order valence-corrected chi connectivity index (χ3v) is 4.05. The summed E-state index contributed by atoms with van der Waals surface area (Å²) in [6, 6.07) is 2.11. The molecule has 1 unspecified atom stereocenters. The van der Waals surface area contributed by atoms with Gasteiger partial charge in [0.05, 0.1) is 24.9 Å². The highest BCUT2D eigenvalue weighted by atomic mass is 35.5. The third kappa shape index (κ3) is 2.76. The highest BCUT2D eigenvalue weighted by Crippen LogP contribution is 2.36. The Bertz CT molecular complexity index is 648. The highest BCUT2D eigenvalue weighted by molar-refractivity contribution is 6.29. The highest BCUT2D eigenvalue weighted by Gasteiger charge is 2.26. The van der Waals surface area contributed by atoms with Crippen LogP contribution in [0.3, 0.4) is 0 Å². The maximum Gasteiger partial charge on any atom is 0.132 e. The lowest BCUT2D eigenvalue weighted by atomic mass is 10.1. The molecule has 2 aromatic rings. The summed E-state index contributed by atoms with van der Waals surface area (Å²) >= 11 is 5.99. The van der Waals surface area contributed by atoms with Crippen molar-refractivity contribution in [3.63, 3.8) is 0 Å². The average molecular weight is 306 g/mol. The lowest BCUT2D eigenvalue weighted by Crippen LogP contribution is -2.08. The topological polar surface area (TPSA) is 49.2 Å². The van der Waals surface area contributed by atoms with Crippen LogP contribution in [0, 0.1) is 0 Å². The molecule has 0 radical (unpaired) electrons. The van der Waals surface area contributed by atoms with E-state index in [0.29, 0.717) is 17.3 Å². The quantitative estimate of drug-likeness (QED) is 0.814. The van der Waals surface area contributed by atoms with Gasteiger partial charge in [-0.2, -0.15) is 5.10 Å². The molecule has 1 aliphatic heterocycles. The zero-order valence-electron chi connectivity index (χ0n) is 11.5. The second-order valence-electron chi connectivity index (χ2n) is 5.55. The number of hydrogen-bond acceptors (Lipinski definition) is 4. The van der Waals surface area contributed by atoms with E-state index in [1.54, 1.807) is 12.3 Å². The van der Waals surface area contributed by atoms with Crippen molar-refractivity contribution >= 4 is 11.6 Å². The molecule has 3 heterocycles. The van der Waals surface area contributed by atoms with Crippen molar-refractivity contribution < 1.29 is 9.47 Å². The lowest BCUT2D eigenvalue weighted by molar-refractivity contribution is 0.184. The summed E-state index contributed by atoms with van der Waals surface area (Å²) < 4.78 is 13.3. The van der Waals surface area contributed by atoms with Crippen LogP contribution in [0.25, 0.3) is 11.1 Å².